The van der Waals surface area contributed by atoms with E-state index in [0.717, 1.165) is 31.4 Å². The number of amides is 1. The molecule has 6 heteroatoms. The molecule has 1 aromatic carbocycles. The van der Waals surface area contributed by atoms with Crippen molar-refractivity contribution < 1.29 is 14.3 Å². The Kier molecular flexibility index (Phi) is 5.18. The highest BCUT2D eigenvalue weighted by molar-refractivity contribution is 5.92. The summed E-state index contributed by atoms with van der Waals surface area (Å²) in [4.78, 5) is 14.3. The zero-order valence-electron chi connectivity index (χ0n) is 14.7. The molecule has 0 saturated heterocycles. The third kappa shape index (κ3) is 3.90. The summed E-state index contributed by atoms with van der Waals surface area (Å²) in [7, 11) is 1.74. The van der Waals surface area contributed by atoms with Crippen LogP contribution in [0.5, 0.6) is 0 Å². The van der Waals surface area contributed by atoms with E-state index in [0.29, 0.717) is 17.9 Å². The van der Waals surface area contributed by atoms with Gasteiger partial charge in [0.2, 0.25) is 0 Å². The zero-order valence-corrected chi connectivity index (χ0v) is 14.7. The van der Waals surface area contributed by atoms with Crippen LogP contribution >= 0.6 is 0 Å². The molecule has 134 valence electrons. The van der Waals surface area contributed by atoms with Crippen molar-refractivity contribution in [1.82, 2.24) is 14.7 Å². The predicted octanol–water partition coefficient (Wildman–Crippen LogP) is 2.94. The molecule has 25 heavy (non-hydrogen) atoms. The van der Waals surface area contributed by atoms with Crippen molar-refractivity contribution in [3.63, 3.8) is 0 Å². The number of hydrogen-bond acceptors (Lipinski definition) is 3. The monoisotopic (exact) mass is 345 g/mol. The molecule has 1 N–H and O–H groups in total. The number of aryl methyl sites for hydroxylation is 1. The number of halogens is 1. The fourth-order valence-corrected chi connectivity index (χ4v) is 3.48. The van der Waals surface area contributed by atoms with Gasteiger partial charge in [-0.1, -0.05) is 18.9 Å². The summed E-state index contributed by atoms with van der Waals surface area (Å²) < 4.78 is 15.0. The van der Waals surface area contributed by atoms with Crippen LogP contribution in [0.25, 0.3) is 5.69 Å². The maximum Gasteiger partial charge on any atom is 0.274 e. The zero-order chi connectivity index (χ0) is 18.0. The van der Waals surface area contributed by atoms with Gasteiger partial charge in [-0.25, -0.2) is 9.07 Å². The molecular formula is C19H24FN3O2. The lowest BCUT2D eigenvalue weighted by Gasteiger charge is -2.30. The van der Waals surface area contributed by atoms with Crippen LogP contribution in [0.1, 0.15) is 41.9 Å². The van der Waals surface area contributed by atoms with Crippen molar-refractivity contribution in [2.45, 2.75) is 38.7 Å². The number of hydrogen-bond donors (Lipinski definition) is 1. The minimum absolute atomic E-state index is 0.120. The molecule has 0 spiro atoms. The first-order chi connectivity index (χ1) is 12.0. The molecule has 2 atom stereocenters. The number of benzene rings is 1. The van der Waals surface area contributed by atoms with E-state index in [4.69, 9.17) is 0 Å². The van der Waals surface area contributed by atoms with Gasteiger partial charge >= 0.3 is 0 Å². The van der Waals surface area contributed by atoms with Gasteiger partial charge in [0.05, 0.1) is 11.8 Å². The van der Waals surface area contributed by atoms with Gasteiger partial charge in [0.1, 0.15) is 5.82 Å². The third-order valence-electron chi connectivity index (χ3n) is 4.88. The molecule has 1 aromatic heterocycles. The Morgan fingerprint density at radius 2 is 2.12 bits per heavy atom. The molecular weight excluding hydrogens is 321 g/mol. The molecule has 1 saturated carbocycles. The molecule has 0 aliphatic heterocycles. The van der Waals surface area contributed by atoms with Gasteiger partial charge in [-0.05, 0) is 44.0 Å². The summed E-state index contributed by atoms with van der Waals surface area (Å²) >= 11 is 0. The van der Waals surface area contributed by atoms with Crippen LogP contribution in [0, 0.1) is 18.7 Å². The highest BCUT2D eigenvalue weighted by Crippen LogP contribution is 2.25. The Labute approximate surface area is 147 Å². The average Bonchev–Trinajstić information content (AvgIpc) is 2.98. The molecule has 5 nitrogen and oxygen atoms in total. The Balaban J connectivity index is 1.75. The number of rotatable bonds is 4. The molecule has 2 aromatic rings. The molecule has 1 heterocycles. The Bertz CT molecular complexity index is 759. The predicted molar refractivity (Wildman–Crippen MR) is 93.2 cm³/mol. The van der Waals surface area contributed by atoms with Gasteiger partial charge in [0.15, 0.2) is 5.69 Å². The average molecular weight is 345 g/mol. The molecule has 3 rings (SSSR count). The summed E-state index contributed by atoms with van der Waals surface area (Å²) in [5, 5.41) is 14.5. The lowest BCUT2D eigenvalue weighted by atomic mass is 9.86. The Morgan fingerprint density at radius 3 is 2.84 bits per heavy atom. The van der Waals surface area contributed by atoms with Crippen molar-refractivity contribution in [1.29, 1.82) is 0 Å². The van der Waals surface area contributed by atoms with Crippen LogP contribution in [0.4, 0.5) is 4.39 Å². The van der Waals surface area contributed by atoms with E-state index < -0.39 is 0 Å². The molecule has 1 aliphatic carbocycles. The second-order valence-corrected chi connectivity index (χ2v) is 6.86. The van der Waals surface area contributed by atoms with Crippen molar-refractivity contribution >= 4 is 5.91 Å². The van der Waals surface area contributed by atoms with Crippen molar-refractivity contribution in [3.05, 3.63) is 47.5 Å². The molecule has 1 amide bonds. The van der Waals surface area contributed by atoms with E-state index in [1.165, 1.54) is 12.1 Å². The maximum atomic E-state index is 13.4. The molecule has 0 radical (unpaired) electrons. The third-order valence-corrected chi connectivity index (χ3v) is 4.88. The first kappa shape index (κ1) is 17.6. The number of aliphatic hydroxyl groups excluding tert-OH is 1. The van der Waals surface area contributed by atoms with Gasteiger partial charge in [-0.2, -0.15) is 5.10 Å². The van der Waals surface area contributed by atoms with E-state index in [-0.39, 0.29) is 23.7 Å². The molecule has 1 aliphatic rings. The second kappa shape index (κ2) is 7.35. The fraction of sp³-hybridized carbons (Fsp3) is 0.474. The van der Waals surface area contributed by atoms with Crippen molar-refractivity contribution in [3.8, 4) is 5.69 Å². The van der Waals surface area contributed by atoms with E-state index in [9.17, 15) is 14.3 Å². The quantitative estimate of drug-likeness (QED) is 0.927. The van der Waals surface area contributed by atoms with E-state index in [1.54, 1.807) is 34.8 Å². The standard InChI is InChI=1S/C19H24FN3O2/c1-13-10-17(21-23(13)16-8-5-7-15(20)11-16)19(25)22(2)12-14-6-3-4-9-18(14)24/h5,7-8,10-11,14,18,24H,3-4,6,9,12H2,1-2H3. The van der Waals surface area contributed by atoms with Crippen LogP contribution in [0.3, 0.4) is 0 Å². The Hall–Kier alpha value is -2.21. The van der Waals surface area contributed by atoms with Crippen molar-refractivity contribution in [2.75, 3.05) is 13.6 Å². The largest absolute Gasteiger partial charge is 0.393 e. The molecule has 2 unspecified atom stereocenters. The van der Waals surface area contributed by atoms with E-state index in [2.05, 4.69) is 5.10 Å². The fourth-order valence-electron chi connectivity index (χ4n) is 3.48. The van der Waals surface area contributed by atoms with Gasteiger partial charge < -0.3 is 10.0 Å². The summed E-state index contributed by atoms with van der Waals surface area (Å²) in [6.07, 6.45) is 3.55. The number of carbonyl (C=O) groups excluding carboxylic acids is 1. The van der Waals surface area contributed by atoms with Gasteiger partial charge in [-0.3, -0.25) is 4.79 Å². The number of aliphatic hydroxyl groups is 1. The van der Waals surface area contributed by atoms with Crippen LogP contribution in [0.2, 0.25) is 0 Å². The highest BCUT2D eigenvalue weighted by atomic mass is 19.1. The minimum Gasteiger partial charge on any atom is -0.393 e. The molecule has 1 fully saturated rings. The Morgan fingerprint density at radius 1 is 1.36 bits per heavy atom. The maximum absolute atomic E-state index is 13.4. The van der Waals surface area contributed by atoms with Crippen LogP contribution in [-0.4, -0.2) is 45.4 Å². The topological polar surface area (TPSA) is 58.4 Å². The lowest BCUT2D eigenvalue weighted by Crippen LogP contribution is -2.38. The summed E-state index contributed by atoms with van der Waals surface area (Å²) in [6.45, 7) is 2.35. The number of aromatic nitrogens is 2. The van der Waals surface area contributed by atoms with Crippen LogP contribution in [0.15, 0.2) is 30.3 Å². The van der Waals surface area contributed by atoms with Gasteiger partial charge in [-0.15, -0.1) is 0 Å². The summed E-state index contributed by atoms with van der Waals surface area (Å²) in [5.74, 6) is -0.409. The van der Waals surface area contributed by atoms with Crippen LogP contribution < -0.4 is 0 Å². The van der Waals surface area contributed by atoms with Gasteiger partial charge in [0.25, 0.3) is 5.91 Å². The van der Waals surface area contributed by atoms with Gasteiger partial charge in [0, 0.05) is 25.2 Å². The first-order valence-electron chi connectivity index (χ1n) is 8.72. The lowest BCUT2D eigenvalue weighted by molar-refractivity contribution is 0.0448. The number of carbonyl (C=O) groups is 1. The SMILES string of the molecule is Cc1cc(C(=O)N(C)CC2CCCCC2O)nn1-c1cccc(F)c1. The van der Waals surface area contributed by atoms with E-state index >= 15 is 0 Å². The second-order valence-electron chi connectivity index (χ2n) is 6.86. The normalized spacial score (nSPS) is 20.5. The van der Waals surface area contributed by atoms with Crippen molar-refractivity contribution in [2.24, 2.45) is 5.92 Å². The van der Waals surface area contributed by atoms with E-state index in [1.807, 2.05) is 6.92 Å². The van der Waals surface area contributed by atoms with Crippen LogP contribution in [-0.2, 0) is 0 Å². The molecule has 0 bridgehead atoms. The summed E-state index contributed by atoms with van der Waals surface area (Å²) in [5.41, 5.74) is 1.68. The number of nitrogens with zero attached hydrogens (tertiary/aromatic N) is 3. The highest BCUT2D eigenvalue weighted by Gasteiger charge is 2.27. The summed E-state index contributed by atoms with van der Waals surface area (Å²) in [6, 6.07) is 7.83. The minimum atomic E-state index is -0.344. The smallest absolute Gasteiger partial charge is 0.274 e. The first-order valence-corrected chi connectivity index (χ1v) is 8.72.